The van der Waals surface area contributed by atoms with Crippen LogP contribution in [0.15, 0.2) is 12.2 Å². The van der Waals surface area contributed by atoms with Crippen LogP contribution in [0, 0.1) is 47.3 Å². The van der Waals surface area contributed by atoms with E-state index in [4.69, 9.17) is 0 Å². The normalized spacial score (nSPS) is 89.6. The van der Waals surface area contributed by atoms with Gasteiger partial charge in [0.2, 0.25) is 0 Å². The van der Waals surface area contributed by atoms with Crippen LogP contribution in [0.4, 0.5) is 0 Å². The molecule has 6 rings (SSSR count). The molecule has 0 saturated heterocycles. The van der Waals surface area contributed by atoms with Crippen molar-refractivity contribution in [1.29, 1.82) is 0 Å². The molecule has 0 heteroatoms. The van der Waals surface area contributed by atoms with Gasteiger partial charge in [0.25, 0.3) is 0 Å². The molecule has 2 bridgehead atoms. The molecule has 0 aromatic rings. The standard InChI is InChI=1S/C10H10/c1-2-4-7-5-3(1)6-8(4)10(6)9(5)7/h1-10H. The van der Waals surface area contributed by atoms with E-state index in [9.17, 15) is 0 Å². The van der Waals surface area contributed by atoms with Gasteiger partial charge in [-0.3, -0.25) is 0 Å². The summed E-state index contributed by atoms with van der Waals surface area (Å²) in [4.78, 5) is 0. The van der Waals surface area contributed by atoms with E-state index < -0.39 is 0 Å². The summed E-state index contributed by atoms with van der Waals surface area (Å²) in [6, 6.07) is 0. The van der Waals surface area contributed by atoms with Gasteiger partial charge in [0.05, 0.1) is 0 Å². The minimum Gasteiger partial charge on any atom is -0.0845 e. The minimum atomic E-state index is 1.09. The molecule has 0 unspecified atom stereocenters. The Morgan fingerprint density at radius 2 is 0.900 bits per heavy atom. The second-order valence-corrected chi connectivity index (χ2v) is 5.00. The van der Waals surface area contributed by atoms with Gasteiger partial charge in [-0.05, 0) is 47.3 Å². The van der Waals surface area contributed by atoms with Gasteiger partial charge in [-0.15, -0.1) is 0 Å². The maximum absolute atomic E-state index is 2.56. The summed E-state index contributed by atoms with van der Waals surface area (Å²) in [6.45, 7) is 0. The molecule has 4 fully saturated rings. The Balaban J connectivity index is 1.98. The third kappa shape index (κ3) is 0.176. The first-order valence-electron chi connectivity index (χ1n) is 4.67. The van der Waals surface area contributed by atoms with Crippen LogP contribution in [-0.2, 0) is 0 Å². The average molecular weight is 130 g/mol. The lowest BCUT2D eigenvalue weighted by atomic mass is 9.76. The van der Waals surface area contributed by atoms with Gasteiger partial charge in [-0.2, -0.15) is 0 Å². The van der Waals surface area contributed by atoms with Crippen molar-refractivity contribution in [1.82, 2.24) is 0 Å². The summed E-state index contributed by atoms with van der Waals surface area (Å²) < 4.78 is 0. The summed E-state index contributed by atoms with van der Waals surface area (Å²) in [6.07, 6.45) is 5.11. The first kappa shape index (κ1) is 3.94. The Kier molecular flexibility index (Phi) is 0.311. The predicted molar refractivity (Wildman–Crippen MR) is 37.1 cm³/mol. The third-order valence-electron chi connectivity index (χ3n) is 5.16. The summed E-state index contributed by atoms with van der Waals surface area (Å²) in [7, 11) is 0. The topological polar surface area (TPSA) is 0 Å². The molecule has 0 spiro atoms. The van der Waals surface area contributed by atoms with Crippen LogP contribution < -0.4 is 0 Å². The van der Waals surface area contributed by atoms with Crippen molar-refractivity contribution in [3.8, 4) is 0 Å². The summed E-state index contributed by atoms with van der Waals surface area (Å²) in [5, 5.41) is 0. The zero-order valence-electron chi connectivity index (χ0n) is 5.77. The molecule has 4 saturated carbocycles. The van der Waals surface area contributed by atoms with E-state index in [1.165, 1.54) is 35.5 Å². The second-order valence-electron chi connectivity index (χ2n) is 5.00. The maximum Gasteiger partial charge on any atom is -0.0165 e. The minimum absolute atomic E-state index is 1.09. The molecule has 0 N–H and O–H groups in total. The fraction of sp³-hybridized carbons (Fsp3) is 0.800. The SMILES string of the molecule is C1=CC2C3C4C1C1C2C1C43. The molecule has 0 atom stereocenters. The van der Waals surface area contributed by atoms with E-state index >= 15 is 0 Å². The van der Waals surface area contributed by atoms with Crippen LogP contribution in [0.25, 0.3) is 0 Å². The van der Waals surface area contributed by atoms with Crippen molar-refractivity contribution in [3.63, 3.8) is 0 Å². The lowest BCUT2D eigenvalue weighted by Crippen LogP contribution is -2.23. The van der Waals surface area contributed by atoms with Gasteiger partial charge < -0.3 is 0 Å². The summed E-state index contributed by atoms with van der Waals surface area (Å²) >= 11 is 0. The predicted octanol–water partition coefficient (Wildman–Crippen LogP) is 1.54. The molecule has 0 nitrogen and oxygen atoms in total. The maximum atomic E-state index is 2.56. The lowest BCUT2D eigenvalue weighted by Gasteiger charge is -2.28. The molecule has 0 radical (unpaired) electrons. The zero-order valence-corrected chi connectivity index (χ0v) is 5.77. The first-order valence-corrected chi connectivity index (χ1v) is 4.67. The number of hydrogen-bond acceptors (Lipinski definition) is 0. The monoisotopic (exact) mass is 130 g/mol. The zero-order chi connectivity index (χ0) is 6.03. The van der Waals surface area contributed by atoms with Gasteiger partial charge >= 0.3 is 0 Å². The summed E-state index contributed by atoms with van der Waals surface area (Å²) in [5.41, 5.74) is 0. The van der Waals surface area contributed by atoms with Crippen LogP contribution in [0.5, 0.6) is 0 Å². The number of hydrogen-bond donors (Lipinski definition) is 0. The van der Waals surface area contributed by atoms with E-state index in [0.717, 1.165) is 11.8 Å². The van der Waals surface area contributed by atoms with E-state index in [1.807, 2.05) is 0 Å². The van der Waals surface area contributed by atoms with E-state index in [0.29, 0.717) is 0 Å². The van der Waals surface area contributed by atoms with Crippen LogP contribution in [0.1, 0.15) is 0 Å². The van der Waals surface area contributed by atoms with Gasteiger partial charge in [0.1, 0.15) is 0 Å². The molecule has 6 aliphatic rings. The molecule has 0 aromatic carbocycles. The molecular weight excluding hydrogens is 120 g/mol. The summed E-state index contributed by atoms with van der Waals surface area (Å²) in [5.74, 6) is 9.56. The van der Waals surface area contributed by atoms with E-state index in [1.54, 1.807) is 0 Å². The van der Waals surface area contributed by atoms with Gasteiger partial charge in [0.15, 0.2) is 0 Å². The van der Waals surface area contributed by atoms with Gasteiger partial charge in [-0.25, -0.2) is 0 Å². The molecule has 50 valence electrons. The smallest absolute Gasteiger partial charge is 0.0165 e. The largest absolute Gasteiger partial charge is 0.0845 e. The highest BCUT2D eigenvalue weighted by molar-refractivity contribution is 5.40. The fourth-order valence-corrected chi connectivity index (χ4v) is 5.13. The van der Waals surface area contributed by atoms with Crippen LogP contribution in [0.2, 0.25) is 0 Å². The van der Waals surface area contributed by atoms with Crippen molar-refractivity contribution in [2.45, 2.75) is 0 Å². The Labute approximate surface area is 60.3 Å². The quantitative estimate of drug-likeness (QED) is 0.436. The molecule has 0 aromatic heterocycles. The van der Waals surface area contributed by atoms with Crippen molar-refractivity contribution in [2.75, 3.05) is 0 Å². The Morgan fingerprint density at radius 3 is 1.20 bits per heavy atom. The van der Waals surface area contributed by atoms with Crippen molar-refractivity contribution >= 4 is 0 Å². The van der Waals surface area contributed by atoms with E-state index in [2.05, 4.69) is 12.2 Å². The van der Waals surface area contributed by atoms with Crippen molar-refractivity contribution in [2.24, 2.45) is 47.3 Å². The molecule has 0 amide bonds. The van der Waals surface area contributed by atoms with Crippen LogP contribution in [-0.4, -0.2) is 0 Å². The Bertz CT molecular complexity index is 230. The molecular formula is C10H10. The highest BCUT2D eigenvalue weighted by atomic mass is 14.9. The Morgan fingerprint density at radius 1 is 0.500 bits per heavy atom. The third-order valence-corrected chi connectivity index (χ3v) is 5.16. The molecule has 6 aliphatic carbocycles. The van der Waals surface area contributed by atoms with E-state index in [-0.39, 0.29) is 0 Å². The Hall–Kier alpha value is -0.260. The molecule has 10 heavy (non-hydrogen) atoms. The highest BCUT2D eigenvalue weighted by Gasteiger charge is 2.86. The fourth-order valence-electron chi connectivity index (χ4n) is 5.13. The first-order chi connectivity index (χ1) is 4.98. The van der Waals surface area contributed by atoms with Gasteiger partial charge in [0, 0.05) is 0 Å². The van der Waals surface area contributed by atoms with Crippen molar-refractivity contribution < 1.29 is 0 Å². The van der Waals surface area contributed by atoms with Crippen LogP contribution in [0.3, 0.4) is 0 Å². The van der Waals surface area contributed by atoms with Gasteiger partial charge in [-0.1, -0.05) is 12.2 Å². The number of allylic oxidation sites excluding steroid dienone is 2. The second kappa shape index (κ2) is 0.790. The van der Waals surface area contributed by atoms with Crippen LogP contribution >= 0.6 is 0 Å². The lowest BCUT2D eigenvalue weighted by molar-refractivity contribution is 0.290. The molecule has 0 heterocycles. The highest BCUT2D eigenvalue weighted by Crippen LogP contribution is 2.90. The number of rotatable bonds is 0. The van der Waals surface area contributed by atoms with Crippen molar-refractivity contribution in [3.05, 3.63) is 12.2 Å². The molecule has 0 aliphatic heterocycles. The average Bonchev–Trinajstić information content (AvgIpc) is 2.73.